The molecule has 0 aliphatic heterocycles. The van der Waals surface area contributed by atoms with Crippen molar-refractivity contribution in [1.82, 2.24) is 20.0 Å². The van der Waals surface area contributed by atoms with Crippen LogP contribution in [0.1, 0.15) is 42.5 Å². The Morgan fingerprint density at radius 3 is 2.67 bits per heavy atom. The Morgan fingerprint density at radius 2 is 2.04 bits per heavy atom. The average Bonchev–Trinajstić information content (AvgIpc) is 3.24. The van der Waals surface area contributed by atoms with E-state index in [0.29, 0.717) is 35.8 Å². The van der Waals surface area contributed by atoms with Crippen molar-refractivity contribution in [2.24, 2.45) is 0 Å². The molecule has 2 heterocycles. The number of nitrogens with one attached hydrogen (secondary N) is 1. The quantitative estimate of drug-likeness (QED) is 0.603. The smallest absolute Gasteiger partial charge is 0.205 e. The van der Waals surface area contributed by atoms with Gasteiger partial charge in [0.2, 0.25) is 5.13 Å². The largest absolute Gasteiger partial charge is 0.382 e. The van der Waals surface area contributed by atoms with Gasteiger partial charge in [0.1, 0.15) is 28.3 Å². The van der Waals surface area contributed by atoms with Crippen molar-refractivity contribution in [3.05, 3.63) is 46.3 Å². The van der Waals surface area contributed by atoms with Crippen molar-refractivity contribution in [3.8, 4) is 11.8 Å². The maximum absolute atomic E-state index is 13.1. The summed E-state index contributed by atoms with van der Waals surface area (Å²) in [6.45, 7) is 4.84. The van der Waals surface area contributed by atoms with E-state index in [1.165, 1.54) is 16.8 Å². The predicted octanol–water partition coefficient (Wildman–Crippen LogP) is 3.48. The Morgan fingerprint density at radius 1 is 1.30 bits per heavy atom. The molecule has 27 heavy (non-hydrogen) atoms. The Labute approximate surface area is 160 Å². The van der Waals surface area contributed by atoms with Crippen LogP contribution in [0.2, 0.25) is 0 Å². The van der Waals surface area contributed by atoms with Crippen LogP contribution >= 0.6 is 11.3 Å². The van der Waals surface area contributed by atoms with Gasteiger partial charge >= 0.3 is 0 Å². The number of aromatic nitrogens is 4. The average molecular weight is 385 g/mol. The fourth-order valence-electron chi connectivity index (χ4n) is 2.54. The van der Waals surface area contributed by atoms with E-state index < -0.39 is 0 Å². The molecule has 9 heteroatoms. The Balaban J connectivity index is 1.65. The van der Waals surface area contributed by atoms with Gasteiger partial charge in [-0.2, -0.15) is 10.4 Å². The van der Waals surface area contributed by atoms with E-state index in [2.05, 4.69) is 40.5 Å². The van der Waals surface area contributed by atoms with Gasteiger partial charge in [0.25, 0.3) is 0 Å². The molecule has 0 aliphatic rings. The molecule has 0 atom stereocenters. The summed E-state index contributed by atoms with van der Waals surface area (Å²) in [4.78, 5) is 0. The van der Waals surface area contributed by atoms with Crippen LogP contribution in [0.5, 0.6) is 0 Å². The number of halogens is 1. The van der Waals surface area contributed by atoms with Gasteiger partial charge in [-0.1, -0.05) is 25.2 Å². The van der Waals surface area contributed by atoms with E-state index in [9.17, 15) is 9.65 Å². The first kappa shape index (κ1) is 18.8. The van der Waals surface area contributed by atoms with Crippen LogP contribution in [0.4, 0.5) is 15.3 Å². The molecule has 0 bridgehead atoms. The topological polar surface area (TPSA) is 105 Å². The minimum atomic E-state index is -0.339. The van der Waals surface area contributed by atoms with Crippen LogP contribution in [-0.2, 0) is 6.42 Å². The van der Waals surface area contributed by atoms with Gasteiger partial charge in [0.15, 0.2) is 0 Å². The van der Waals surface area contributed by atoms with Gasteiger partial charge in [-0.05, 0) is 37.1 Å². The van der Waals surface area contributed by atoms with Gasteiger partial charge in [-0.15, -0.1) is 10.2 Å². The molecule has 0 spiro atoms. The fourth-order valence-corrected chi connectivity index (χ4v) is 3.32. The lowest BCUT2D eigenvalue weighted by Gasteiger charge is -2.03. The number of benzene rings is 1. The minimum absolute atomic E-state index is 0.262. The molecule has 3 rings (SSSR count). The third kappa shape index (κ3) is 4.23. The molecule has 0 saturated heterocycles. The molecule has 2 aromatic heterocycles. The highest BCUT2D eigenvalue weighted by Crippen LogP contribution is 2.23. The van der Waals surface area contributed by atoms with Crippen molar-refractivity contribution in [3.63, 3.8) is 0 Å². The van der Waals surface area contributed by atoms with Crippen LogP contribution in [-0.4, -0.2) is 26.5 Å². The van der Waals surface area contributed by atoms with Gasteiger partial charge < -0.3 is 11.1 Å². The van der Waals surface area contributed by atoms with Gasteiger partial charge in [0.05, 0.1) is 11.4 Å². The lowest BCUT2D eigenvalue weighted by atomic mass is 10.1. The second-order valence-electron chi connectivity index (χ2n) is 6.34. The summed E-state index contributed by atoms with van der Waals surface area (Å²) in [6.07, 6.45) is 1.34. The molecule has 0 fully saturated rings. The van der Waals surface area contributed by atoms with E-state index in [1.54, 1.807) is 23.5 Å². The molecule has 3 N–H and O–H groups in total. The molecule has 140 valence electrons. The summed E-state index contributed by atoms with van der Waals surface area (Å²) in [6, 6.07) is 7.94. The highest BCUT2D eigenvalue weighted by atomic mass is 32.1. The second kappa shape index (κ2) is 8.14. The minimum Gasteiger partial charge on any atom is -0.382 e. The van der Waals surface area contributed by atoms with Crippen molar-refractivity contribution >= 4 is 22.3 Å². The van der Waals surface area contributed by atoms with Crippen LogP contribution in [0.25, 0.3) is 5.69 Å². The predicted molar refractivity (Wildman–Crippen MR) is 103 cm³/mol. The van der Waals surface area contributed by atoms with E-state index in [0.717, 1.165) is 16.6 Å². The van der Waals surface area contributed by atoms with E-state index in [-0.39, 0.29) is 11.6 Å². The first-order valence-corrected chi connectivity index (χ1v) is 9.42. The number of nitriles is 1. The number of hydrogen-bond donors (Lipinski definition) is 2. The first-order chi connectivity index (χ1) is 13.0. The molecular weight excluding hydrogens is 365 g/mol. The first-order valence-electron chi connectivity index (χ1n) is 8.60. The molecule has 1 aromatic carbocycles. The summed E-state index contributed by atoms with van der Waals surface area (Å²) in [5.41, 5.74) is 7.66. The molecule has 0 radical (unpaired) electrons. The molecule has 7 nitrogen and oxygen atoms in total. The monoisotopic (exact) mass is 385 g/mol. The zero-order valence-corrected chi connectivity index (χ0v) is 15.9. The Hall–Kier alpha value is -2.99. The lowest BCUT2D eigenvalue weighted by Crippen LogP contribution is -2.04. The number of aryl methyl sites for hydroxylation is 1. The number of nitrogen functional groups attached to an aromatic ring is 1. The number of hydrogen-bond acceptors (Lipinski definition) is 7. The van der Waals surface area contributed by atoms with E-state index in [1.807, 2.05) is 0 Å². The maximum atomic E-state index is 13.1. The van der Waals surface area contributed by atoms with Crippen molar-refractivity contribution < 1.29 is 4.39 Å². The summed E-state index contributed by atoms with van der Waals surface area (Å²) in [5, 5.41) is 27.1. The van der Waals surface area contributed by atoms with Crippen molar-refractivity contribution in [2.75, 3.05) is 17.6 Å². The van der Waals surface area contributed by atoms with Gasteiger partial charge in [0, 0.05) is 12.5 Å². The highest BCUT2D eigenvalue weighted by molar-refractivity contribution is 7.15. The molecule has 3 aromatic rings. The van der Waals surface area contributed by atoms with Crippen LogP contribution in [0.15, 0.2) is 24.3 Å². The van der Waals surface area contributed by atoms with Crippen molar-refractivity contribution in [2.45, 2.75) is 32.6 Å². The molecule has 0 saturated carbocycles. The molecule has 0 unspecified atom stereocenters. The van der Waals surface area contributed by atoms with Crippen LogP contribution in [0.3, 0.4) is 0 Å². The summed E-state index contributed by atoms with van der Waals surface area (Å²) in [7, 11) is 0. The summed E-state index contributed by atoms with van der Waals surface area (Å²) in [5.74, 6) is 0.279. The highest BCUT2D eigenvalue weighted by Gasteiger charge is 2.16. The molecule has 0 aliphatic carbocycles. The van der Waals surface area contributed by atoms with Crippen LogP contribution < -0.4 is 11.1 Å². The maximum Gasteiger partial charge on any atom is 0.205 e. The van der Waals surface area contributed by atoms with E-state index >= 15 is 0 Å². The number of nitrogens with two attached hydrogens (primary N) is 1. The SMILES string of the molecule is CC(C)c1nnc(NCCCc2nn(-c3ccc(F)cc3)c(N)c2C#N)s1. The zero-order valence-electron chi connectivity index (χ0n) is 15.1. The van der Waals surface area contributed by atoms with Crippen molar-refractivity contribution in [1.29, 1.82) is 5.26 Å². The third-order valence-electron chi connectivity index (χ3n) is 3.98. The third-order valence-corrected chi connectivity index (χ3v) is 5.16. The number of nitrogens with zero attached hydrogens (tertiary/aromatic N) is 5. The summed E-state index contributed by atoms with van der Waals surface area (Å²) < 4.78 is 14.6. The second-order valence-corrected chi connectivity index (χ2v) is 7.35. The van der Waals surface area contributed by atoms with Gasteiger partial charge in [-0.25, -0.2) is 9.07 Å². The number of anilines is 2. The number of rotatable bonds is 7. The summed E-state index contributed by atoms with van der Waals surface area (Å²) >= 11 is 1.54. The Kier molecular flexibility index (Phi) is 5.66. The Bertz CT molecular complexity index is 953. The van der Waals surface area contributed by atoms with Crippen LogP contribution in [0, 0.1) is 17.1 Å². The normalized spacial score (nSPS) is 10.9. The standard InChI is InChI=1S/C18H20FN7S/c1-11(2)17-23-24-18(27-17)22-9-3-4-15-14(10-20)16(21)26(25-15)13-7-5-12(19)6-8-13/h5-8,11H,3-4,9,21H2,1-2H3,(H,22,24). The van der Waals surface area contributed by atoms with Gasteiger partial charge in [-0.3, -0.25) is 0 Å². The molecule has 0 amide bonds. The lowest BCUT2D eigenvalue weighted by molar-refractivity contribution is 0.627. The van der Waals surface area contributed by atoms with E-state index in [4.69, 9.17) is 5.73 Å². The zero-order chi connectivity index (χ0) is 19.4. The fraction of sp³-hybridized carbons (Fsp3) is 0.333. The molecular formula is C18H20FN7S.